The average molecular weight is 225 g/mol. The van der Waals surface area contributed by atoms with E-state index in [4.69, 9.17) is 10.2 Å². The Hall–Kier alpha value is -2.05. The van der Waals surface area contributed by atoms with Gasteiger partial charge in [-0.2, -0.15) is 9.78 Å². The van der Waals surface area contributed by atoms with E-state index in [1.54, 1.807) is 13.8 Å². The lowest BCUT2D eigenvalue weighted by atomic mass is 10.0. The van der Waals surface area contributed by atoms with Crippen molar-refractivity contribution in [2.75, 3.05) is 0 Å². The SMILES string of the molecule is CC1(C)c2nn(C(=O)O)cc2CN1C(=O)O. The Balaban J connectivity index is 2.45. The third-order valence-electron chi connectivity index (χ3n) is 2.80. The highest BCUT2D eigenvalue weighted by molar-refractivity contribution is 5.70. The quantitative estimate of drug-likeness (QED) is 0.690. The van der Waals surface area contributed by atoms with Gasteiger partial charge in [-0.05, 0) is 13.8 Å². The summed E-state index contributed by atoms with van der Waals surface area (Å²) in [6, 6.07) is 0. The molecule has 0 saturated carbocycles. The van der Waals surface area contributed by atoms with Crippen molar-refractivity contribution in [3.8, 4) is 0 Å². The smallest absolute Gasteiger partial charge is 0.432 e. The van der Waals surface area contributed by atoms with Gasteiger partial charge >= 0.3 is 12.2 Å². The maximum atomic E-state index is 11.0. The normalized spacial score (nSPS) is 17.2. The maximum absolute atomic E-state index is 11.0. The molecule has 7 heteroatoms. The molecular weight excluding hydrogens is 214 g/mol. The molecule has 1 aromatic heterocycles. The van der Waals surface area contributed by atoms with Crippen molar-refractivity contribution in [1.82, 2.24) is 14.7 Å². The first-order valence-electron chi connectivity index (χ1n) is 4.67. The molecule has 16 heavy (non-hydrogen) atoms. The second-order valence-electron chi connectivity index (χ2n) is 4.16. The van der Waals surface area contributed by atoms with Crippen molar-refractivity contribution >= 4 is 12.2 Å². The number of carbonyl (C=O) groups is 2. The lowest BCUT2D eigenvalue weighted by molar-refractivity contribution is 0.0973. The Morgan fingerprint density at radius 1 is 1.38 bits per heavy atom. The third kappa shape index (κ3) is 1.24. The highest BCUT2D eigenvalue weighted by Crippen LogP contribution is 2.37. The van der Waals surface area contributed by atoms with Gasteiger partial charge in [0.15, 0.2) is 0 Å². The largest absolute Gasteiger partial charge is 0.465 e. The molecule has 2 N–H and O–H groups in total. The summed E-state index contributed by atoms with van der Waals surface area (Å²) in [7, 11) is 0. The summed E-state index contributed by atoms with van der Waals surface area (Å²) in [5.74, 6) is 0. The third-order valence-corrected chi connectivity index (χ3v) is 2.80. The van der Waals surface area contributed by atoms with Gasteiger partial charge in [0, 0.05) is 11.8 Å². The zero-order valence-corrected chi connectivity index (χ0v) is 8.84. The standard InChI is InChI=1S/C9H11N3O4/c1-9(2)6-5(3-11(9)7(13)14)4-12(10-6)8(15)16/h4H,3H2,1-2H3,(H,13,14)(H,15,16). The van der Waals surface area contributed by atoms with Crippen LogP contribution < -0.4 is 0 Å². The zero-order valence-electron chi connectivity index (χ0n) is 8.84. The molecule has 0 aliphatic carbocycles. The van der Waals surface area contributed by atoms with Gasteiger partial charge in [0.1, 0.15) is 0 Å². The van der Waals surface area contributed by atoms with Crippen molar-refractivity contribution in [1.29, 1.82) is 0 Å². The van der Waals surface area contributed by atoms with Gasteiger partial charge in [-0.15, -0.1) is 0 Å². The molecule has 0 unspecified atom stereocenters. The van der Waals surface area contributed by atoms with E-state index in [-0.39, 0.29) is 6.54 Å². The first-order chi connectivity index (χ1) is 7.34. The fourth-order valence-electron chi connectivity index (χ4n) is 1.94. The molecule has 7 nitrogen and oxygen atoms in total. The number of fused-ring (bicyclic) bond motifs is 1. The van der Waals surface area contributed by atoms with E-state index in [1.807, 2.05) is 0 Å². The Bertz CT molecular complexity index is 477. The molecule has 1 aromatic rings. The number of carboxylic acid groups (broad SMARTS) is 2. The van der Waals surface area contributed by atoms with E-state index in [9.17, 15) is 9.59 Å². The van der Waals surface area contributed by atoms with Crippen LogP contribution in [-0.4, -0.2) is 37.1 Å². The van der Waals surface area contributed by atoms with Crippen LogP contribution in [0.4, 0.5) is 9.59 Å². The Labute approximate surface area is 90.9 Å². The van der Waals surface area contributed by atoms with Crippen LogP contribution in [0.1, 0.15) is 25.1 Å². The van der Waals surface area contributed by atoms with Gasteiger partial charge < -0.3 is 10.2 Å². The molecular formula is C9H11N3O4. The van der Waals surface area contributed by atoms with Crippen molar-refractivity contribution in [3.63, 3.8) is 0 Å². The Kier molecular flexibility index (Phi) is 1.94. The minimum Gasteiger partial charge on any atom is -0.465 e. The van der Waals surface area contributed by atoms with Crippen molar-refractivity contribution in [3.05, 3.63) is 17.5 Å². The summed E-state index contributed by atoms with van der Waals surface area (Å²) in [5.41, 5.74) is 0.342. The molecule has 2 heterocycles. The van der Waals surface area contributed by atoms with Crippen LogP contribution in [0, 0.1) is 0 Å². The van der Waals surface area contributed by atoms with Gasteiger partial charge in [-0.25, -0.2) is 9.59 Å². The number of rotatable bonds is 0. The fourth-order valence-corrected chi connectivity index (χ4v) is 1.94. The fraction of sp³-hybridized carbons (Fsp3) is 0.444. The second-order valence-corrected chi connectivity index (χ2v) is 4.16. The molecule has 0 radical (unpaired) electrons. The van der Waals surface area contributed by atoms with Crippen LogP contribution in [0.2, 0.25) is 0 Å². The molecule has 0 fully saturated rings. The summed E-state index contributed by atoms with van der Waals surface area (Å²) < 4.78 is 0.811. The number of hydrogen-bond donors (Lipinski definition) is 2. The van der Waals surface area contributed by atoms with Gasteiger partial charge in [-0.3, -0.25) is 4.90 Å². The van der Waals surface area contributed by atoms with E-state index in [0.29, 0.717) is 11.3 Å². The summed E-state index contributed by atoms with van der Waals surface area (Å²) in [4.78, 5) is 22.9. The lowest BCUT2D eigenvalue weighted by Gasteiger charge is -2.28. The average Bonchev–Trinajstić information content (AvgIpc) is 2.65. The molecule has 1 amide bonds. The topological polar surface area (TPSA) is 95.7 Å². The predicted octanol–water partition coefficient (Wildman–Crippen LogP) is 1.14. The minimum atomic E-state index is -1.17. The number of nitrogens with zero attached hydrogens (tertiary/aromatic N) is 3. The van der Waals surface area contributed by atoms with Crippen molar-refractivity contribution < 1.29 is 19.8 Å². The van der Waals surface area contributed by atoms with Crippen LogP contribution in [0.25, 0.3) is 0 Å². The molecule has 86 valence electrons. The van der Waals surface area contributed by atoms with Crippen LogP contribution in [-0.2, 0) is 12.1 Å². The van der Waals surface area contributed by atoms with Crippen molar-refractivity contribution in [2.45, 2.75) is 25.9 Å². The Morgan fingerprint density at radius 2 is 2.00 bits per heavy atom. The first-order valence-corrected chi connectivity index (χ1v) is 4.67. The van der Waals surface area contributed by atoms with E-state index < -0.39 is 17.7 Å². The summed E-state index contributed by atoms with van der Waals surface area (Å²) >= 11 is 0. The van der Waals surface area contributed by atoms with Gasteiger partial charge in [-0.1, -0.05) is 0 Å². The van der Waals surface area contributed by atoms with Crippen LogP contribution in [0.5, 0.6) is 0 Å². The van der Waals surface area contributed by atoms with Gasteiger partial charge in [0.05, 0.1) is 17.8 Å². The molecule has 0 saturated heterocycles. The summed E-state index contributed by atoms with van der Waals surface area (Å²) in [6.07, 6.45) is -0.862. The maximum Gasteiger partial charge on any atom is 0.432 e. The van der Waals surface area contributed by atoms with E-state index in [1.165, 1.54) is 11.1 Å². The molecule has 1 aliphatic rings. The lowest BCUT2D eigenvalue weighted by Crippen LogP contribution is -2.40. The number of aromatic nitrogens is 2. The highest BCUT2D eigenvalue weighted by atomic mass is 16.4. The minimum absolute atomic E-state index is 0.172. The van der Waals surface area contributed by atoms with E-state index in [0.717, 1.165) is 4.68 Å². The summed E-state index contributed by atoms with van der Waals surface area (Å²) in [6.45, 7) is 3.57. The monoisotopic (exact) mass is 225 g/mol. The number of hydrogen-bond acceptors (Lipinski definition) is 3. The Morgan fingerprint density at radius 3 is 2.44 bits per heavy atom. The highest BCUT2D eigenvalue weighted by Gasteiger charge is 2.43. The van der Waals surface area contributed by atoms with Crippen LogP contribution >= 0.6 is 0 Å². The van der Waals surface area contributed by atoms with Crippen molar-refractivity contribution in [2.24, 2.45) is 0 Å². The molecule has 0 bridgehead atoms. The van der Waals surface area contributed by atoms with E-state index in [2.05, 4.69) is 5.10 Å². The molecule has 0 aromatic carbocycles. The predicted molar refractivity (Wildman–Crippen MR) is 52.2 cm³/mol. The van der Waals surface area contributed by atoms with Crippen LogP contribution in [0.15, 0.2) is 6.20 Å². The molecule has 0 spiro atoms. The van der Waals surface area contributed by atoms with Gasteiger partial charge in [0.2, 0.25) is 0 Å². The molecule has 2 rings (SSSR count). The zero-order chi connectivity index (χ0) is 12.1. The molecule has 1 aliphatic heterocycles. The summed E-state index contributed by atoms with van der Waals surface area (Å²) in [5, 5.41) is 21.6. The van der Waals surface area contributed by atoms with Crippen LogP contribution in [0.3, 0.4) is 0 Å². The number of amides is 1. The van der Waals surface area contributed by atoms with Gasteiger partial charge in [0.25, 0.3) is 0 Å². The first kappa shape index (κ1) is 10.5. The van der Waals surface area contributed by atoms with E-state index >= 15 is 0 Å². The second kappa shape index (κ2) is 2.97. The molecule has 0 atom stereocenters.